The molecule has 0 spiro atoms. The van der Waals surface area contributed by atoms with Gasteiger partial charge >= 0.3 is 5.97 Å². The van der Waals surface area contributed by atoms with Gasteiger partial charge in [-0.25, -0.2) is 0 Å². The van der Waals surface area contributed by atoms with E-state index in [4.69, 9.17) is 40.6 Å². The molecule has 12 heteroatoms. The van der Waals surface area contributed by atoms with Crippen molar-refractivity contribution in [3.8, 4) is 28.7 Å². The van der Waals surface area contributed by atoms with Crippen LogP contribution in [0.1, 0.15) is 39.0 Å². The molecule has 10 nitrogen and oxygen atoms in total. The van der Waals surface area contributed by atoms with E-state index in [1.807, 2.05) is 36.4 Å². The minimum Gasteiger partial charge on any atom is -0.493 e. The first kappa shape index (κ1) is 28.3. The number of thiocarbonyl (C=S) groups is 1. The Morgan fingerprint density at radius 2 is 1.62 bits per heavy atom. The highest BCUT2D eigenvalue weighted by atomic mass is 127. The minimum atomic E-state index is -0.577. The van der Waals surface area contributed by atoms with Crippen molar-refractivity contribution in [2.75, 3.05) is 34.7 Å². The zero-order valence-corrected chi connectivity index (χ0v) is 25.9. The molecule has 1 fully saturated rings. The van der Waals surface area contributed by atoms with Crippen LogP contribution in [-0.2, 0) is 9.53 Å². The fourth-order valence-corrected chi connectivity index (χ4v) is 6.87. The molecule has 1 amide bonds. The fraction of sp³-hybridized carbons (Fsp3) is 0.300. The first-order valence-electron chi connectivity index (χ1n) is 13.1. The first-order valence-corrected chi connectivity index (χ1v) is 14.6. The van der Waals surface area contributed by atoms with Gasteiger partial charge in [0, 0.05) is 15.4 Å². The van der Waals surface area contributed by atoms with Crippen LogP contribution in [0.5, 0.6) is 28.7 Å². The van der Waals surface area contributed by atoms with E-state index < -0.39 is 17.9 Å². The highest BCUT2D eigenvalue weighted by molar-refractivity contribution is 14.1. The normalized spacial score (nSPS) is 21.5. The number of esters is 1. The number of hydrogen-bond acceptors (Lipinski definition) is 9. The molecule has 4 atom stereocenters. The molecule has 3 aromatic rings. The third-order valence-corrected chi connectivity index (χ3v) is 9.03. The van der Waals surface area contributed by atoms with Crippen molar-refractivity contribution in [1.29, 1.82) is 0 Å². The number of nitrogens with one attached hydrogen (secondary N) is 2. The molecule has 42 heavy (non-hydrogen) atoms. The summed E-state index contributed by atoms with van der Waals surface area (Å²) in [7, 11) is 4.63. The summed E-state index contributed by atoms with van der Waals surface area (Å²) in [5.41, 5.74) is 2.97. The zero-order valence-electron chi connectivity index (χ0n) is 22.9. The maximum Gasteiger partial charge on any atom is 0.310 e. The molecule has 1 saturated heterocycles. The van der Waals surface area contributed by atoms with E-state index in [1.165, 1.54) is 7.11 Å². The van der Waals surface area contributed by atoms with Gasteiger partial charge < -0.3 is 33.7 Å². The van der Waals surface area contributed by atoms with Gasteiger partial charge in [0.25, 0.3) is 5.91 Å². The van der Waals surface area contributed by atoms with Crippen molar-refractivity contribution < 1.29 is 38.0 Å². The van der Waals surface area contributed by atoms with Crippen molar-refractivity contribution in [2.24, 2.45) is 11.8 Å². The van der Waals surface area contributed by atoms with Crippen LogP contribution in [0.3, 0.4) is 0 Å². The minimum absolute atomic E-state index is 0.0875. The van der Waals surface area contributed by atoms with E-state index in [0.717, 1.165) is 20.3 Å². The number of methoxy groups -OCH3 is 3. The summed E-state index contributed by atoms with van der Waals surface area (Å²) in [6, 6.07) is 14.3. The second-order valence-corrected chi connectivity index (χ2v) is 11.5. The van der Waals surface area contributed by atoms with Gasteiger partial charge in [0.1, 0.15) is 0 Å². The predicted molar refractivity (Wildman–Crippen MR) is 164 cm³/mol. The lowest BCUT2D eigenvalue weighted by Gasteiger charge is -2.40. The molecule has 2 heterocycles. The molecular weight excluding hydrogens is 675 g/mol. The molecule has 2 N–H and O–H groups in total. The monoisotopic (exact) mass is 702 g/mol. The van der Waals surface area contributed by atoms with Crippen LogP contribution in [0.15, 0.2) is 48.5 Å². The Labute approximate surface area is 261 Å². The Hall–Kier alpha value is -3.78. The van der Waals surface area contributed by atoms with Gasteiger partial charge in [-0.15, -0.1) is 0 Å². The molecule has 0 bridgehead atoms. The summed E-state index contributed by atoms with van der Waals surface area (Å²) in [5.74, 6) is 0.555. The number of ether oxygens (including phenoxy) is 6. The van der Waals surface area contributed by atoms with Crippen LogP contribution in [-0.4, -0.2) is 51.7 Å². The molecule has 0 saturated carbocycles. The Morgan fingerprint density at radius 1 is 0.952 bits per heavy atom. The Balaban J connectivity index is 1.43. The molecule has 0 radical (unpaired) electrons. The number of benzene rings is 3. The second kappa shape index (κ2) is 11.5. The van der Waals surface area contributed by atoms with Crippen molar-refractivity contribution in [2.45, 2.75) is 12.0 Å². The number of carbonyl (C=O) groups excluding carboxylic acids is 2. The first-order chi connectivity index (χ1) is 20.3. The summed E-state index contributed by atoms with van der Waals surface area (Å²) in [6.07, 6.45) is 0. The van der Waals surface area contributed by atoms with Gasteiger partial charge in [-0.3, -0.25) is 14.9 Å². The predicted octanol–water partition coefficient (Wildman–Crippen LogP) is 4.33. The molecule has 1 aliphatic carbocycles. The molecule has 2 aliphatic heterocycles. The van der Waals surface area contributed by atoms with E-state index in [9.17, 15) is 9.59 Å². The van der Waals surface area contributed by atoms with Crippen molar-refractivity contribution in [3.63, 3.8) is 0 Å². The SMILES string of the molecule is COc1cc([C@@H]2c3cc4c(cc3[C@@H](NC(=S)NC(=O)c3ccccc3I)[C@H]3COC(=O)[C@H]23)OCO4)cc(OC)c1OC. The number of hydrogen-bond donors (Lipinski definition) is 2. The summed E-state index contributed by atoms with van der Waals surface area (Å²) in [4.78, 5) is 26.4. The van der Waals surface area contributed by atoms with E-state index in [0.29, 0.717) is 34.3 Å². The Morgan fingerprint density at radius 3 is 2.26 bits per heavy atom. The topological polar surface area (TPSA) is 114 Å². The van der Waals surface area contributed by atoms with Gasteiger partial charge in [-0.1, -0.05) is 12.1 Å². The highest BCUT2D eigenvalue weighted by Crippen LogP contribution is 2.55. The van der Waals surface area contributed by atoms with Crippen LogP contribution in [0.4, 0.5) is 0 Å². The van der Waals surface area contributed by atoms with Crippen molar-refractivity contribution in [3.05, 3.63) is 74.4 Å². The lowest BCUT2D eigenvalue weighted by atomic mass is 9.65. The number of amides is 1. The fourth-order valence-electron chi connectivity index (χ4n) is 6.02. The van der Waals surface area contributed by atoms with Crippen LogP contribution in [0, 0.1) is 15.4 Å². The molecule has 218 valence electrons. The number of carbonyl (C=O) groups is 2. The number of halogens is 1. The lowest BCUT2D eigenvalue weighted by Crippen LogP contribution is -2.47. The Kier molecular flexibility index (Phi) is 7.75. The molecular formula is C30H27IN2O8S. The smallest absolute Gasteiger partial charge is 0.310 e. The molecule has 3 aliphatic rings. The van der Waals surface area contributed by atoms with Gasteiger partial charge in [0.05, 0.1) is 45.5 Å². The lowest BCUT2D eigenvalue weighted by molar-refractivity contribution is -0.141. The third kappa shape index (κ3) is 4.85. The second-order valence-electron chi connectivity index (χ2n) is 9.98. The zero-order chi connectivity index (χ0) is 29.5. The summed E-state index contributed by atoms with van der Waals surface area (Å²) < 4.78 is 34.7. The third-order valence-electron chi connectivity index (χ3n) is 7.87. The van der Waals surface area contributed by atoms with Gasteiger partial charge in [-0.2, -0.15) is 0 Å². The van der Waals surface area contributed by atoms with Crippen LogP contribution in [0.25, 0.3) is 0 Å². The van der Waals surface area contributed by atoms with Crippen LogP contribution < -0.4 is 34.3 Å². The van der Waals surface area contributed by atoms with Crippen molar-refractivity contribution >= 4 is 51.8 Å². The van der Waals surface area contributed by atoms with E-state index >= 15 is 0 Å². The quantitative estimate of drug-likeness (QED) is 0.219. The molecule has 0 unspecified atom stereocenters. The number of fused-ring (bicyclic) bond motifs is 3. The number of cyclic esters (lactones) is 1. The summed E-state index contributed by atoms with van der Waals surface area (Å²) >= 11 is 7.72. The molecule has 6 rings (SSSR count). The van der Waals surface area contributed by atoms with E-state index in [-0.39, 0.29) is 36.3 Å². The maximum absolute atomic E-state index is 13.4. The molecule has 0 aromatic heterocycles. The van der Waals surface area contributed by atoms with Gasteiger partial charge in [-0.05, 0) is 87.9 Å². The van der Waals surface area contributed by atoms with E-state index in [1.54, 1.807) is 26.4 Å². The summed E-state index contributed by atoms with van der Waals surface area (Å²) in [6.45, 7) is 0.257. The van der Waals surface area contributed by atoms with Crippen LogP contribution in [0.2, 0.25) is 0 Å². The van der Waals surface area contributed by atoms with E-state index in [2.05, 4.69) is 33.2 Å². The molecule has 3 aromatic carbocycles. The Bertz CT molecular complexity index is 1570. The van der Waals surface area contributed by atoms with Gasteiger partial charge in [0.15, 0.2) is 28.1 Å². The van der Waals surface area contributed by atoms with Crippen molar-refractivity contribution in [1.82, 2.24) is 10.6 Å². The average molecular weight is 703 g/mol. The largest absolute Gasteiger partial charge is 0.493 e. The summed E-state index contributed by atoms with van der Waals surface area (Å²) in [5, 5.41) is 6.24. The van der Waals surface area contributed by atoms with Crippen LogP contribution >= 0.6 is 34.8 Å². The highest BCUT2D eigenvalue weighted by Gasteiger charge is 2.53. The maximum atomic E-state index is 13.4. The standard InChI is InChI=1S/C30H27IN2O8S/c1-36-22-8-14(9-23(37-2)27(22)38-3)24-16-10-20-21(41-13-40-20)11-17(16)26(18-12-39-29(35)25(18)24)32-30(42)33-28(34)15-6-4-5-7-19(15)31/h4-11,18,24-26H,12-13H2,1-3H3,(H2,32,33,34,42)/t18-,24+,25-,26+/m0/s1. The van der Waals surface area contributed by atoms with Gasteiger partial charge in [0.2, 0.25) is 12.5 Å². The number of rotatable bonds is 6. The average Bonchev–Trinajstić information content (AvgIpc) is 3.61.